The zero-order chi connectivity index (χ0) is 16.1. The van der Waals surface area contributed by atoms with Gasteiger partial charge >= 0.3 is 0 Å². The molecule has 0 aliphatic carbocycles. The zero-order valence-corrected chi connectivity index (χ0v) is 13.7. The number of hydroxylamine groups is 1. The fraction of sp³-hybridized carbons (Fsp3) is 0.400. The molecule has 1 aromatic heterocycles. The smallest absolute Gasteiger partial charge is 0.263 e. The van der Waals surface area contributed by atoms with E-state index in [2.05, 4.69) is 15.7 Å². The van der Waals surface area contributed by atoms with Crippen molar-refractivity contribution in [3.8, 4) is 11.4 Å². The number of carbonyl (C=O) groups excluding carboxylic acids is 1. The van der Waals surface area contributed by atoms with E-state index in [1.807, 2.05) is 45.0 Å². The number of H-pyrrole nitrogens is 1. The minimum atomic E-state index is -0.272. The van der Waals surface area contributed by atoms with Crippen LogP contribution in [0.2, 0.25) is 0 Å². The van der Waals surface area contributed by atoms with Gasteiger partial charge in [-0.2, -0.15) is 5.10 Å². The first kappa shape index (κ1) is 16.4. The van der Waals surface area contributed by atoms with Crippen LogP contribution >= 0.6 is 12.2 Å². The van der Waals surface area contributed by atoms with E-state index < -0.39 is 0 Å². The molecule has 1 amide bonds. The summed E-state index contributed by atoms with van der Waals surface area (Å²) in [4.78, 5) is 17.1. The van der Waals surface area contributed by atoms with Gasteiger partial charge in [0.2, 0.25) is 0 Å². The van der Waals surface area contributed by atoms with Crippen LogP contribution in [-0.2, 0) is 16.2 Å². The Hall–Kier alpha value is -1.99. The van der Waals surface area contributed by atoms with E-state index in [-0.39, 0.29) is 12.5 Å². The normalized spacial score (nSPS) is 10.9. The average molecular weight is 320 g/mol. The molecule has 6 nitrogen and oxygen atoms in total. The summed E-state index contributed by atoms with van der Waals surface area (Å²) in [5, 5.41) is 6.93. The van der Waals surface area contributed by atoms with Crippen molar-refractivity contribution in [3.63, 3.8) is 0 Å². The molecule has 1 heterocycles. The fourth-order valence-corrected chi connectivity index (χ4v) is 2.05. The van der Waals surface area contributed by atoms with Crippen molar-refractivity contribution in [2.75, 3.05) is 6.61 Å². The zero-order valence-electron chi connectivity index (χ0n) is 12.9. The van der Waals surface area contributed by atoms with Crippen molar-refractivity contribution < 1.29 is 9.63 Å². The number of carbonyl (C=O) groups is 1. The highest BCUT2D eigenvalue weighted by Crippen LogP contribution is 2.17. The Labute approximate surface area is 134 Å². The van der Waals surface area contributed by atoms with Crippen LogP contribution in [0.1, 0.15) is 19.4 Å². The van der Waals surface area contributed by atoms with Crippen LogP contribution in [0.5, 0.6) is 0 Å². The van der Waals surface area contributed by atoms with E-state index in [0.29, 0.717) is 23.1 Å². The van der Waals surface area contributed by atoms with Gasteiger partial charge in [0.25, 0.3) is 5.91 Å². The number of benzene rings is 1. The number of rotatable bonds is 6. The van der Waals surface area contributed by atoms with Crippen LogP contribution in [0.4, 0.5) is 0 Å². The molecule has 0 radical (unpaired) electrons. The van der Waals surface area contributed by atoms with E-state index in [1.54, 1.807) is 4.57 Å². The fourth-order valence-electron chi connectivity index (χ4n) is 1.85. The Morgan fingerprint density at radius 3 is 2.73 bits per heavy atom. The van der Waals surface area contributed by atoms with Gasteiger partial charge in [-0.25, -0.2) is 5.48 Å². The van der Waals surface area contributed by atoms with Gasteiger partial charge in [0, 0.05) is 5.56 Å². The molecule has 2 N–H and O–H groups in total. The second-order valence-corrected chi connectivity index (χ2v) is 5.92. The predicted octanol–water partition coefficient (Wildman–Crippen LogP) is 2.62. The first-order valence-electron chi connectivity index (χ1n) is 7.10. The summed E-state index contributed by atoms with van der Waals surface area (Å²) in [6.07, 6.45) is 0. The molecule has 0 aliphatic rings. The van der Waals surface area contributed by atoms with Gasteiger partial charge in [-0.05, 0) is 25.1 Å². The summed E-state index contributed by atoms with van der Waals surface area (Å²) in [6.45, 7) is 6.55. The van der Waals surface area contributed by atoms with E-state index in [0.717, 1.165) is 11.1 Å². The first-order valence-corrected chi connectivity index (χ1v) is 7.51. The Bertz CT molecular complexity index is 688. The van der Waals surface area contributed by atoms with Crippen molar-refractivity contribution in [2.24, 2.45) is 5.92 Å². The van der Waals surface area contributed by atoms with Crippen LogP contribution in [-0.4, -0.2) is 27.3 Å². The lowest BCUT2D eigenvalue weighted by Gasteiger charge is -2.09. The Morgan fingerprint density at radius 2 is 2.09 bits per heavy atom. The number of hydrogen-bond acceptors (Lipinski definition) is 4. The molecule has 7 heteroatoms. The number of hydrogen-bond donors (Lipinski definition) is 2. The minimum absolute atomic E-state index is 0.0522. The first-order chi connectivity index (χ1) is 10.5. The molecule has 0 saturated heterocycles. The third kappa shape index (κ3) is 4.25. The summed E-state index contributed by atoms with van der Waals surface area (Å²) in [7, 11) is 0. The number of nitrogens with zero attached hydrogens (tertiary/aromatic N) is 2. The van der Waals surface area contributed by atoms with Crippen molar-refractivity contribution in [1.82, 2.24) is 20.2 Å². The highest BCUT2D eigenvalue weighted by Gasteiger charge is 2.12. The molecule has 2 aromatic rings. The monoisotopic (exact) mass is 320 g/mol. The van der Waals surface area contributed by atoms with Gasteiger partial charge in [0.1, 0.15) is 6.54 Å². The molecule has 2 rings (SSSR count). The van der Waals surface area contributed by atoms with Gasteiger partial charge < -0.3 is 0 Å². The number of aryl methyl sites for hydroxylation is 1. The van der Waals surface area contributed by atoms with Crippen LogP contribution in [0.3, 0.4) is 0 Å². The predicted molar refractivity (Wildman–Crippen MR) is 86.5 cm³/mol. The number of nitrogens with one attached hydrogen (secondary N) is 2. The Morgan fingerprint density at radius 1 is 1.41 bits per heavy atom. The van der Waals surface area contributed by atoms with Gasteiger partial charge in [-0.3, -0.25) is 19.3 Å². The Kier molecular flexibility index (Phi) is 5.46. The van der Waals surface area contributed by atoms with Gasteiger partial charge in [-0.1, -0.05) is 43.7 Å². The van der Waals surface area contributed by atoms with Gasteiger partial charge in [0.15, 0.2) is 10.6 Å². The van der Waals surface area contributed by atoms with Crippen molar-refractivity contribution in [1.29, 1.82) is 0 Å². The van der Waals surface area contributed by atoms with E-state index in [4.69, 9.17) is 17.1 Å². The molecule has 22 heavy (non-hydrogen) atoms. The molecular formula is C15H20N4O2S. The summed E-state index contributed by atoms with van der Waals surface area (Å²) in [5.41, 5.74) is 4.47. The van der Waals surface area contributed by atoms with Crippen LogP contribution in [0.15, 0.2) is 24.3 Å². The van der Waals surface area contributed by atoms with Gasteiger partial charge in [0.05, 0.1) is 6.61 Å². The third-order valence-corrected chi connectivity index (χ3v) is 3.28. The summed E-state index contributed by atoms with van der Waals surface area (Å²) < 4.78 is 2.04. The topological polar surface area (TPSA) is 71.9 Å². The maximum absolute atomic E-state index is 11.9. The maximum atomic E-state index is 11.9. The van der Waals surface area contributed by atoms with E-state index in [9.17, 15) is 4.79 Å². The number of aromatic amines is 1. The SMILES string of the molecule is Cc1ccc(-c2n[nH]c(=S)n2CC(=O)NOCC(C)C)cc1. The van der Waals surface area contributed by atoms with Crippen LogP contribution in [0.25, 0.3) is 11.4 Å². The molecule has 0 atom stereocenters. The van der Waals surface area contributed by atoms with Crippen molar-refractivity contribution in [3.05, 3.63) is 34.6 Å². The lowest BCUT2D eigenvalue weighted by atomic mass is 10.1. The summed E-state index contributed by atoms with van der Waals surface area (Å²) in [5.74, 6) is 0.704. The molecule has 0 saturated carbocycles. The Balaban J connectivity index is 2.11. The van der Waals surface area contributed by atoms with Crippen molar-refractivity contribution >= 4 is 18.1 Å². The third-order valence-electron chi connectivity index (χ3n) is 2.97. The molecule has 0 spiro atoms. The van der Waals surface area contributed by atoms with Crippen molar-refractivity contribution in [2.45, 2.75) is 27.3 Å². The van der Waals surface area contributed by atoms with E-state index >= 15 is 0 Å². The second kappa shape index (κ2) is 7.33. The van der Waals surface area contributed by atoms with Crippen LogP contribution < -0.4 is 5.48 Å². The molecule has 0 fully saturated rings. The molecule has 1 aromatic carbocycles. The molecule has 0 unspecified atom stereocenters. The lowest BCUT2D eigenvalue weighted by molar-refractivity contribution is -0.135. The minimum Gasteiger partial charge on any atom is -0.291 e. The van der Waals surface area contributed by atoms with Crippen LogP contribution in [0, 0.1) is 17.6 Å². The van der Waals surface area contributed by atoms with E-state index in [1.165, 1.54) is 0 Å². The lowest BCUT2D eigenvalue weighted by Crippen LogP contribution is -2.29. The average Bonchev–Trinajstić information content (AvgIpc) is 2.81. The largest absolute Gasteiger partial charge is 0.291 e. The second-order valence-electron chi connectivity index (χ2n) is 5.53. The number of amides is 1. The van der Waals surface area contributed by atoms with Gasteiger partial charge in [-0.15, -0.1) is 0 Å². The summed E-state index contributed by atoms with van der Waals surface area (Å²) >= 11 is 5.20. The standard InChI is InChI=1S/C15H20N4O2S/c1-10(2)9-21-18-13(20)8-19-14(16-17-15(19)22)12-6-4-11(3)5-7-12/h4-7,10H,8-9H2,1-3H3,(H,17,22)(H,18,20). The maximum Gasteiger partial charge on any atom is 0.263 e. The highest BCUT2D eigenvalue weighted by molar-refractivity contribution is 7.71. The highest BCUT2D eigenvalue weighted by atomic mass is 32.1. The molecular weight excluding hydrogens is 300 g/mol. The molecule has 0 aliphatic heterocycles. The number of aromatic nitrogens is 3. The quantitative estimate of drug-likeness (QED) is 0.634. The summed E-state index contributed by atoms with van der Waals surface area (Å²) in [6, 6.07) is 7.88. The molecule has 0 bridgehead atoms. The molecule has 118 valence electrons.